The molecule has 7 nitrogen and oxygen atoms in total. The molecule has 0 unspecified atom stereocenters. The van der Waals surface area contributed by atoms with Gasteiger partial charge in [0.1, 0.15) is 10.6 Å². The molecule has 2 rings (SSSR count). The number of unbranched alkanes of at least 4 members (excludes halogenated alkanes) is 1. The van der Waals surface area contributed by atoms with E-state index in [0.717, 1.165) is 19.3 Å². The van der Waals surface area contributed by atoms with E-state index in [1.54, 1.807) is 13.0 Å². The molecule has 1 aliphatic heterocycles. The number of nitrogens with zero attached hydrogens (tertiary/aromatic N) is 1. The zero-order valence-corrected chi connectivity index (χ0v) is 16.3. The van der Waals surface area contributed by atoms with Gasteiger partial charge in [0.25, 0.3) is 0 Å². The molecule has 25 heavy (non-hydrogen) atoms. The Balaban J connectivity index is 2.42. The Kier molecular flexibility index (Phi) is 6.70. The third-order valence-electron chi connectivity index (χ3n) is 3.98. The minimum absolute atomic E-state index is 0.0243. The molecule has 1 N–H and O–H groups in total. The molecule has 1 fully saturated rings. The van der Waals surface area contributed by atoms with E-state index in [9.17, 15) is 16.8 Å². The Bertz CT molecular complexity index is 791. The lowest BCUT2D eigenvalue weighted by Gasteiger charge is -2.28. The summed E-state index contributed by atoms with van der Waals surface area (Å²) >= 11 is 0. The summed E-state index contributed by atoms with van der Waals surface area (Å²) in [5.74, 6) is 0.307. The van der Waals surface area contributed by atoms with E-state index >= 15 is 0 Å². The van der Waals surface area contributed by atoms with E-state index in [0.29, 0.717) is 31.8 Å². The Hall–Kier alpha value is -1.32. The first-order valence-electron chi connectivity index (χ1n) is 8.58. The van der Waals surface area contributed by atoms with Crippen LogP contribution in [-0.4, -0.2) is 42.3 Å². The van der Waals surface area contributed by atoms with Gasteiger partial charge in [-0.3, -0.25) is 4.31 Å². The van der Waals surface area contributed by atoms with Crippen LogP contribution in [0, 0.1) is 0 Å². The molecule has 1 heterocycles. The smallest absolute Gasteiger partial charge is 0.244 e. The van der Waals surface area contributed by atoms with Crippen LogP contribution in [0.4, 0.5) is 5.69 Å². The van der Waals surface area contributed by atoms with Crippen LogP contribution in [-0.2, 0) is 20.0 Å². The van der Waals surface area contributed by atoms with Gasteiger partial charge in [-0.2, -0.15) is 0 Å². The molecule has 1 aliphatic rings. The van der Waals surface area contributed by atoms with Crippen LogP contribution in [0.15, 0.2) is 23.1 Å². The van der Waals surface area contributed by atoms with Crippen molar-refractivity contribution in [1.29, 1.82) is 0 Å². The van der Waals surface area contributed by atoms with Gasteiger partial charge in [0.2, 0.25) is 20.0 Å². The van der Waals surface area contributed by atoms with Crippen molar-refractivity contribution < 1.29 is 21.6 Å². The summed E-state index contributed by atoms with van der Waals surface area (Å²) in [7, 11) is -7.19. The third kappa shape index (κ3) is 4.86. The molecule has 1 aromatic carbocycles. The summed E-state index contributed by atoms with van der Waals surface area (Å²) in [4.78, 5) is -0.0243. The fraction of sp³-hybridized carbons (Fsp3) is 0.625. The highest BCUT2D eigenvalue weighted by molar-refractivity contribution is 7.92. The number of rotatable bonds is 8. The first kappa shape index (κ1) is 20.0. The number of benzene rings is 1. The fourth-order valence-corrected chi connectivity index (χ4v) is 5.54. The van der Waals surface area contributed by atoms with E-state index in [2.05, 4.69) is 4.72 Å². The van der Waals surface area contributed by atoms with Crippen molar-refractivity contribution in [1.82, 2.24) is 4.72 Å². The van der Waals surface area contributed by atoms with E-state index < -0.39 is 20.0 Å². The van der Waals surface area contributed by atoms with Crippen molar-refractivity contribution in [3.05, 3.63) is 18.2 Å². The van der Waals surface area contributed by atoms with Crippen molar-refractivity contribution >= 4 is 25.7 Å². The standard InChI is InChI=1S/C16H26N2O5S2/c1-3-5-10-17-25(21,22)16-13-14(8-9-15(16)23-4-2)18-11-6-7-12-24(18,19)20/h8-9,13,17H,3-7,10-12H2,1-2H3. The molecule has 0 aliphatic carbocycles. The summed E-state index contributed by atoms with van der Waals surface area (Å²) in [6, 6.07) is 4.51. The summed E-state index contributed by atoms with van der Waals surface area (Å²) < 4.78 is 59.1. The molecular weight excluding hydrogens is 364 g/mol. The first-order valence-corrected chi connectivity index (χ1v) is 11.7. The van der Waals surface area contributed by atoms with E-state index in [1.807, 2.05) is 6.92 Å². The number of anilines is 1. The maximum absolute atomic E-state index is 12.6. The maximum Gasteiger partial charge on any atom is 0.244 e. The predicted octanol–water partition coefficient (Wildman–Crippen LogP) is 2.09. The molecule has 0 amide bonds. The highest BCUT2D eigenvalue weighted by Gasteiger charge is 2.28. The Morgan fingerprint density at radius 3 is 2.64 bits per heavy atom. The van der Waals surface area contributed by atoms with Crippen molar-refractivity contribution in [3.63, 3.8) is 0 Å². The average Bonchev–Trinajstić information content (AvgIpc) is 2.55. The predicted molar refractivity (Wildman–Crippen MR) is 98.1 cm³/mol. The zero-order chi connectivity index (χ0) is 18.5. The van der Waals surface area contributed by atoms with Gasteiger partial charge in [0.05, 0.1) is 18.0 Å². The summed E-state index contributed by atoms with van der Waals surface area (Å²) in [5.41, 5.74) is 0.360. The molecule has 9 heteroatoms. The number of hydrogen-bond donors (Lipinski definition) is 1. The van der Waals surface area contributed by atoms with E-state index in [-0.39, 0.29) is 16.4 Å². The van der Waals surface area contributed by atoms with Crippen molar-refractivity contribution in [2.75, 3.05) is 29.8 Å². The maximum atomic E-state index is 12.6. The number of hydrogen-bond acceptors (Lipinski definition) is 5. The zero-order valence-electron chi connectivity index (χ0n) is 14.7. The van der Waals surface area contributed by atoms with Gasteiger partial charge in [-0.05, 0) is 44.4 Å². The Morgan fingerprint density at radius 2 is 2.00 bits per heavy atom. The molecule has 0 radical (unpaired) electrons. The second-order valence-corrected chi connectivity index (χ2v) is 9.66. The van der Waals surface area contributed by atoms with Crippen LogP contribution in [0.25, 0.3) is 0 Å². The van der Waals surface area contributed by atoms with Crippen LogP contribution in [0.5, 0.6) is 5.75 Å². The lowest BCUT2D eigenvalue weighted by atomic mass is 10.2. The van der Waals surface area contributed by atoms with E-state index in [1.165, 1.54) is 16.4 Å². The molecule has 0 spiro atoms. The van der Waals surface area contributed by atoms with Gasteiger partial charge in [-0.25, -0.2) is 21.6 Å². The molecule has 0 bridgehead atoms. The number of sulfonamides is 2. The minimum Gasteiger partial charge on any atom is -0.492 e. The number of ether oxygens (including phenoxy) is 1. The summed E-state index contributed by atoms with van der Waals surface area (Å²) in [6.45, 7) is 4.75. The normalized spacial score (nSPS) is 17.4. The minimum atomic E-state index is -3.78. The van der Waals surface area contributed by atoms with Crippen LogP contribution in [0.3, 0.4) is 0 Å². The highest BCUT2D eigenvalue weighted by atomic mass is 32.2. The number of nitrogens with one attached hydrogen (secondary N) is 1. The van der Waals surface area contributed by atoms with Gasteiger partial charge >= 0.3 is 0 Å². The van der Waals surface area contributed by atoms with Crippen LogP contribution < -0.4 is 13.8 Å². The van der Waals surface area contributed by atoms with Crippen LogP contribution in [0.2, 0.25) is 0 Å². The monoisotopic (exact) mass is 390 g/mol. The second kappa shape index (κ2) is 8.37. The molecule has 0 aromatic heterocycles. The average molecular weight is 391 g/mol. The van der Waals surface area contributed by atoms with Crippen molar-refractivity contribution in [3.8, 4) is 5.75 Å². The molecule has 1 saturated heterocycles. The molecular formula is C16H26N2O5S2. The molecule has 0 saturated carbocycles. The Morgan fingerprint density at radius 1 is 1.24 bits per heavy atom. The largest absolute Gasteiger partial charge is 0.492 e. The summed E-state index contributed by atoms with van der Waals surface area (Å²) in [5, 5.41) is 0. The highest BCUT2D eigenvalue weighted by Crippen LogP contribution is 2.31. The Labute approximate surface area is 150 Å². The van der Waals surface area contributed by atoms with Crippen LogP contribution in [0.1, 0.15) is 39.5 Å². The SMILES string of the molecule is CCCCNS(=O)(=O)c1cc(N2CCCCS2(=O)=O)ccc1OCC. The van der Waals surface area contributed by atoms with Crippen molar-refractivity contribution in [2.45, 2.75) is 44.4 Å². The molecule has 0 atom stereocenters. The lowest BCUT2D eigenvalue weighted by molar-refractivity contribution is 0.331. The van der Waals surface area contributed by atoms with Gasteiger partial charge in [-0.1, -0.05) is 13.3 Å². The van der Waals surface area contributed by atoms with Crippen LogP contribution >= 0.6 is 0 Å². The van der Waals surface area contributed by atoms with Gasteiger partial charge in [0.15, 0.2) is 0 Å². The molecule has 142 valence electrons. The summed E-state index contributed by atoms with van der Waals surface area (Å²) in [6.07, 6.45) is 2.97. The first-order chi connectivity index (χ1) is 11.8. The van der Waals surface area contributed by atoms with Crippen molar-refractivity contribution in [2.24, 2.45) is 0 Å². The van der Waals surface area contributed by atoms with Gasteiger partial charge < -0.3 is 4.74 Å². The topological polar surface area (TPSA) is 92.8 Å². The molecule has 1 aromatic rings. The quantitative estimate of drug-likeness (QED) is 0.686. The lowest BCUT2D eigenvalue weighted by Crippen LogP contribution is -2.38. The van der Waals surface area contributed by atoms with Gasteiger partial charge in [0, 0.05) is 13.1 Å². The van der Waals surface area contributed by atoms with E-state index in [4.69, 9.17) is 4.74 Å². The third-order valence-corrected chi connectivity index (χ3v) is 7.33. The fourth-order valence-electron chi connectivity index (χ4n) is 2.68. The second-order valence-electron chi connectivity index (χ2n) is 5.91. The van der Waals surface area contributed by atoms with Gasteiger partial charge in [-0.15, -0.1) is 0 Å².